The summed E-state index contributed by atoms with van der Waals surface area (Å²) in [6, 6.07) is 2.57. The van der Waals surface area contributed by atoms with Crippen molar-refractivity contribution < 1.29 is 5.11 Å². The van der Waals surface area contributed by atoms with Crippen molar-refractivity contribution in [2.75, 3.05) is 23.3 Å². The predicted molar refractivity (Wildman–Crippen MR) is 75.4 cm³/mol. The number of hydrogen-bond acceptors (Lipinski definition) is 5. The van der Waals surface area contributed by atoms with E-state index in [-0.39, 0.29) is 6.10 Å². The van der Waals surface area contributed by atoms with E-state index in [9.17, 15) is 5.11 Å². The summed E-state index contributed by atoms with van der Waals surface area (Å²) in [5, 5.41) is 13.2. The standard InChI is InChI=1S/C14H22N4O/c19-12-6-3-7-18(9-12)14-8-13(15-10-16-14)17-11-4-1-2-5-11/h8,10-12,19H,1-7,9H2,(H,15,16,17). The Morgan fingerprint density at radius 1 is 1.16 bits per heavy atom. The van der Waals surface area contributed by atoms with Gasteiger partial charge in [-0.3, -0.25) is 0 Å². The number of aliphatic hydroxyl groups is 1. The van der Waals surface area contributed by atoms with Crippen molar-refractivity contribution in [1.82, 2.24) is 9.97 Å². The van der Waals surface area contributed by atoms with Crippen LogP contribution < -0.4 is 10.2 Å². The molecule has 1 aliphatic carbocycles. The van der Waals surface area contributed by atoms with Crippen LogP contribution in [0.25, 0.3) is 0 Å². The summed E-state index contributed by atoms with van der Waals surface area (Å²) >= 11 is 0. The van der Waals surface area contributed by atoms with Gasteiger partial charge < -0.3 is 15.3 Å². The third-order valence-corrected chi connectivity index (χ3v) is 4.08. The fourth-order valence-corrected chi connectivity index (χ4v) is 3.04. The summed E-state index contributed by atoms with van der Waals surface area (Å²) in [7, 11) is 0. The molecule has 0 bridgehead atoms. The summed E-state index contributed by atoms with van der Waals surface area (Å²) in [6.07, 6.45) is 8.42. The van der Waals surface area contributed by atoms with Gasteiger partial charge in [-0.25, -0.2) is 9.97 Å². The number of aliphatic hydroxyl groups excluding tert-OH is 1. The number of anilines is 2. The predicted octanol–water partition coefficient (Wildman–Crippen LogP) is 1.79. The van der Waals surface area contributed by atoms with Crippen LogP contribution in [0.5, 0.6) is 0 Å². The second-order valence-corrected chi connectivity index (χ2v) is 5.63. The zero-order valence-corrected chi connectivity index (χ0v) is 11.3. The van der Waals surface area contributed by atoms with E-state index in [2.05, 4.69) is 20.2 Å². The molecule has 5 heteroatoms. The molecule has 19 heavy (non-hydrogen) atoms. The first-order valence-corrected chi connectivity index (χ1v) is 7.33. The average molecular weight is 262 g/mol. The molecule has 1 aliphatic heterocycles. The minimum atomic E-state index is -0.227. The highest BCUT2D eigenvalue weighted by atomic mass is 16.3. The van der Waals surface area contributed by atoms with Crippen LogP contribution in [0, 0.1) is 0 Å². The molecule has 1 saturated heterocycles. The van der Waals surface area contributed by atoms with Crippen molar-refractivity contribution in [3.8, 4) is 0 Å². The first-order valence-electron chi connectivity index (χ1n) is 7.33. The highest BCUT2D eigenvalue weighted by molar-refractivity contribution is 5.49. The van der Waals surface area contributed by atoms with Gasteiger partial charge >= 0.3 is 0 Å². The minimum Gasteiger partial charge on any atom is -0.391 e. The Balaban J connectivity index is 1.68. The van der Waals surface area contributed by atoms with E-state index in [0.717, 1.165) is 31.0 Å². The summed E-state index contributed by atoms with van der Waals surface area (Å²) in [4.78, 5) is 10.8. The fourth-order valence-electron chi connectivity index (χ4n) is 3.04. The molecule has 0 amide bonds. The van der Waals surface area contributed by atoms with Crippen LogP contribution in [0.2, 0.25) is 0 Å². The van der Waals surface area contributed by atoms with Crippen LogP contribution in [0.1, 0.15) is 38.5 Å². The number of hydrogen-bond donors (Lipinski definition) is 2. The Morgan fingerprint density at radius 2 is 2.00 bits per heavy atom. The largest absolute Gasteiger partial charge is 0.391 e. The highest BCUT2D eigenvalue weighted by Crippen LogP contribution is 2.23. The van der Waals surface area contributed by atoms with Crippen LogP contribution in [0.3, 0.4) is 0 Å². The summed E-state index contributed by atoms with van der Waals surface area (Å²) in [5.74, 6) is 1.84. The van der Waals surface area contributed by atoms with Crippen LogP contribution >= 0.6 is 0 Å². The van der Waals surface area contributed by atoms with Crippen molar-refractivity contribution in [3.63, 3.8) is 0 Å². The van der Waals surface area contributed by atoms with E-state index in [1.165, 1.54) is 25.7 Å². The molecular weight excluding hydrogens is 240 g/mol. The molecule has 2 aliphatic rings. The van der Waals surface area contributed by atoms with E-state index in [4.69, 9.17) is 0 Å². The molecule has 3 rings (SSSR count). The van der Waals surface area contributed by atoms with Gasteiger partial charge in [-0.2, -0.15) is 0 Å². The lowest BCUT2D eigenvalue weighted by molar-refractivity contribution is 0.154. The fraction of sp³-hybridized carbons (Fsp3) is 0.714. The third-order valence-electron chi connectivity index (χ3n) is 4.08. The van der Waals surface area contributed by atoms with Gasteiger partial charge in [0.1, 0.15) is 18.0 Å². The maximum absolute atomic E-state index is 9.74. The third kappa shape index (κ3) is 3.15. The Bertz CT molecular complexity index is 420. The van der Waals surface area contributed by atoms with Gasteiger partial charge in [0, 0.05) is 25.2 Å². The van der Waals surface area contributed by atoms with Gasteiger partial charge in [-0.1, -0.05) is 12.8 Å². The molecule has 1 saturated carbocycles. The number of piperidine rings is 1. The Kier molecular flexibility index (Phi) is 3.82. The normalized spacial score (nSPS) is 24.7. The Morgan fingerprint density at radius 3 is 2.79 bits per heavy atom. The van der Waals surface area contributed by atoms with Gasteiger partial charge in [-0.05, 0) is 25.7 Å². The molecule has 1 aromatic rings. The highest BCUT2D eigenvalue weighted by Gasteiger charge is 2.20. The van der Waals surface area contributed by atoms with Crippen LogP contribution in [-0.4, -0.2) is 40.3 Å². The lowest BCUT2D eigenvalue weighted by atomic mass is 10.1. The number of β-amino-alcohol motifs (C(OH)–C–C–N with tert-alkyl or cyclic N) is 1. The minimum absolute atomic E-state index is 0.227. The van der Waals surface area contributed by atoms with E-state index in [1.54, 1.807) is 6.33 Å². The zero-order valence-electron chi connectivity index (χ0n) is 11.3. The second kappa shape index (κ2) is 5.74. The van der Waals surface area contributed by atoms with Crippen molar-refractivity contribution in [1.29, 1.82) is 0 Å². The van der Waals surface area contributed by atoms with E-state index in [1.807, 2.05) is 6.07 Å². The maximum atomic E-state index is 9.74. The van der Waals surface area contributed by atoms with Gasteiger partial charge in [0.25, 0.3) is 0 Å². The summed E-state index contributed by atoms with van der Waals surface area (Å²) in [6.45, 7) is 1.65. The molecule has 2 heterocycles. The van der Waals surface area contributed by atoms with Gasteiger partial charge in [0.05, 0.1) is 6.10 Å². The maximum Gasteiger partial charge on any atom is 0.134 e. The second-order valence-electron chi connectivity index (χ2n) is 5.63. The molecule has 5 nitrogen and oxygen atoms in total. The molecule has 2 fully saturated rings. The van der Waals surface area contributed by atoms with Crippen molar-refractivity contribution in [3.05, 3.63) is 12.4 Å². The van der Waals surface area contributed by atoms with E-state index < -0.39 is 0 Å². The Hall–Kier alpha value is -1.36. The first-order chi connectivity index (χ1) is 9.31. The molecular formula is C14H22N4O. The van der Waals surface area contributed by atoms with Crippen LogP contribution in [-0.2, 0) is 0 Å². The quantitative estimate of drug-likeness (QED) is 0.869. The lowest BCUT2D eigenvalue weighted by Crippen LogP contribution is -2.38. The number of aromatic nitrogens is 2. The molecule has 1 aromatic heterocycles. The molecule has 1 unspecified atom stereocenters. The number of nitrogens with zero attached hydrogens (tertiary/aromatic N) is 3. The van der Waals surface area contributed by atoms with Crippen LogP contribution in [0.15, 0.2) is 12.4 Å². The molecule has 0 spiro atoms. The topological polar surface area (TPSA) is 61.3 Å². The monoisotopic (exact) mass is 262 g/mol. The van der Waals surface area contributed by atoms with E-state index in [0.29, 0.717) is 12.6 Å². The van der Waals surface area contributed by atoms with Crippen molar-refractivity contribution in [2.45, 2.75) is 50.7 Å². The van der Waals surface area contributed by atoms with Gasteiger partial charge in [0.2, 0.25) is 0 Å². The van der Waals surface area contributed by atoms with Crippen LogP contribution in [0.4, 0.5) is 11.6 Å². The van der Waals surface area contributed by atoms with Gasteiger partial charge in [0.15, 0.2) is 0 Å². The van der Waals surface area contributed by atoms with Gasteiger partial charge in [-0.15, -0.1) is 0 Å². The zero-order chi connectivity index (χ0) is 13.1. The molecule has 1 atom stereocenters. The summed E-state index contributed by atoms with van der Waals surface area (Å²) < 4.78 is 0. The smallest absolute Gasteiger partial charge is 0.134 e. The first kappa shape index (κ1) is 12.7. The average Bonchev–Trinajstić information content (AvgIpc) is 2.92. The lowest BCUT2D eigenvalue weighted by Gasteiger charge is -2.31. The summed E-state index contributed by atoms with van der Waals surface area (Å²) in [5.41, 5.74) is 0. The van der Waals surface area contributed by atoms with Crippen molar-refractivity contribution in [2.24, 2.45) is 0 Å². The van der Waals surface area contributed by atoms with Crippen molar-refractivity contribution >= 4 is 11.6 Å². The van der Waals surface area contributed by atoms with E-state index >= 15 is 0 Å². The molecule has 0 aromatic carbocycles. The SMILES string of the molecule is OC1CCCN(c2cc(NC3CCCC3)ncn2)C1. The number of nitrogens with one attached hydrogen (secondary N) is 1. The molecule has 2 N–H and O–H groups in total. The molecule has 104 valence electrons. The molecule has 0 radical (unpaired) electrons. The number of rotatable bonds is 3. The Labute approximate surface area is 114 Å².